The van der Waals surface area contributed by atoms with Gasteiger partial charge >= 0.3 is 5.97 Å². The summed E-state index contributed by atoms with van der Waals surface area (Å²) in [6.45, 7) is 0.699. The van der Waals surface area contributed by atoms with Gasteiger partial charge in [0, 0.05) is 13.1 Å². The van der Waals surface area contributed by atoms with Crippen LogP contribution >= 0.6 is 0 Å². The summed E-state index contributed by atoms with van der Waals surface area (Å²) in [5, 5.41) is 26.7. The number of carboxylic acid groups (broad SMARTS) is 1. The average Bonchev–Trinajstić information content (AvgIpc) is 2.89. The van der Waals surface area contributed by atoms with Crippen LogP contribution in [0.1, 0.15) is 24.2 Å². The summed E-state index contributed by atoms with van der Waals surface area (Å²) in [4.78, 5) is 28.4. The molecule has 1 aliphatic heterocycles. The Morgan fingerprint density at radius 2 is 2.00 bits per heavy atom. The second-order valence-corrected chi connectivity index (χ2v) is 4.79. The minimum absolute atomic E-state index is 0.00474. The van der Waals surface area contributed by atoms with Gasteiger partial charge in [0.15, 0.2) is 11.4 Å². The third kappa shape index (κ3) is 3.00. The summed E-state index contributed by atoms with van der Waals surface area (Å²) in [5.74, 6) is -1.44. The number of carboxylic acids is 1. The fourth-order valence-electron chi connectivity index (χ4n) is 2.32. The van der Waals surface area contributed by atoms with E-state index in [0.29, 0.717) is 25.9 Å². The number of carbonyl (C=O) groups excluding carboxylic acids is 1. The number of likely N-dealkylation sites (tertiary alicyclic amines) is 1. The second-order valence-electron chi connectivity index (χ2n) is 4.79. The van der Waals surface area contributed by atoms with E-state index >= 15 is 0 Å². The third-order valence-corrected chi connectivity index (χ3v) is 3.55. The molecule has 0 saturated carbocycles. The van der Waals surface area contributed by atoms with E-state index in [1.165, 1.54) is 10.9 Å². The first-order valence-electron chi connectivity index (χ1n) is 6.42. The van der Waals surface area contributed by atoms with Crippen molar-refractivity contribution in [3.05, 3.63) is 17.7 Å². The monoisotopic (exact) mass is 287 g/mol. The fraction of sp³-hybridized carbons (Fsp3) is 0.462. The van der Waals surface area contributed by atoms with Gasteiger partial charge in [0.2, 0.25) is 5.91 Å². The van der Waals surface area contributed by atoms with E-state index in [9.17, 15) is 9.59 Å². The molecule has 8 nitrogen and oxygen atoms in total. The zero-order chi connectivity index (χ0) is 15.4. The van der Waals surface area contributed by atoms with Gasteiger partial charge < -0.3 is 14.6 Å². The normalized spacial score (nSPS) is 15.2. The number of hydrogen-bond acceptors (Lipinski definition) is 5. The van der Waals surface area contributed by atoms with Gasteiger partial charge in [-0.25, -0.2) is 4.98 Å². The van der Waals surface area contributed by atoms with Crippen LogP contribution < -0.4 is 0 Å². The number of amides is 1. The van der Waals surface area contributed by atoms with Gasteiger partial charge in [-0.15, -0.1) is 0 Å². The topological polar surface area (TPSA) is 123 Å². The highest BCUT2D eigenvalue weighted by molar-refractivity contribution is 5.77. The maximum Gasteiger partial charge on any atom is 0.306 e. The molecule has 1 aliphatic rings. The molecular weight excluding hydrogens is 274 g/mol. The van der Waals surface area contributed by atoms with E-state index in [2.05, 4.69) is 4.98 Å². The Morgan fingerprint density at radius 1 is 1.33 bits per heavy atom. The van der Waals surface area contributed by atoms with Crippen molar-refractivity contribution in [2.45, 2.75) is 19.4 Å². The number of carbonyl (C=O) groups is 2. The molecule has 0 atom stereocenters. The lowest BCUT2D eigenvalue weighted by atomic mass is 9.97. The molecule has 108 valence electrons. The fourth-order valence-corrected chi connectivity index (χ4v) is 2.32. The van der Waals surface area contributed by atoms with Crippen molar-refractivity contribution in [3.8, 4) is 12.1 Å². The van der Waals surface area contributed by atoms with Gasteiger partial charge in [-0.1, -0.05) is 0 Å². The molecule has 21 heavy (non-hydrogen) atoms. The first kappa shape index (κ1) is 14.5. The molecule has 0 bridgehead atoms. The molecule has 2 rings (SSSR count). The number of nitriles is 2. The number of hydrogen-bond donors (Lipinski definition) is 1. The van der Waals surface area contributed by atoms with E-state index in [1.54, 1.807) is 11.0 Å². The third-order valence-electron chi connectivity index (χ3n) is 3.55. The van der Waals surface area contributed by atoms with Crippen molar-refractivity contribution in [1.82, 2.24) is 14.5 Å². The first-order valence-corrected chi connectivity index (χ1v) is 6.42. The van der Waals surface area contributed by atoms with Crippen LogP contribution in [0.5, 0.6) is 0 Å². The summed E-state index contributed by atoms with van der Waals surface area (Å²) in [7, 11) is 0. The number of nitrogens with zero attached hydrogens (tertiary/aromatic N) is 5. The van der Waals surface area contributed by atoms with Crippen molar-refractivity contribution in [1.29, 1.82) is 10.5 Å². The smallest absolute Gasteiger partial charge is 0.306 e. The molecule has 1 saturated heterocycles. The van der Waals surface area contributed by atoms with Crippen LogP contribution in [0.25, 0.3) is 0 Å². The largest absolute Gasteiger partial charge is 0.481 e. The Labute approximate surface area is 120 Å². The molecule has 0 aromatic carbocycles. The minimum atomic E-state index is -0.831. The summed E-state index contributed by atoms with van der Waals surface area (Å²) in [6.07, 6.45) is 2.15. The molecule has 2 heterocycles. The van der Waals surface area contributed by atoms with Crippen molar-refractivity contribution < 1.29 is 14.7 Å². The molecule has 1 aromatic heterocycles. The Morgan fingerprint density at radius 3 is 2.52 bits per heavy atom. The van der Waals surface area contributed by atoms with Crippen LogP contribution in [-0.4, -0.2) is 44.5 Å². The molecular formula is C13H13N5O3. The zero-order valence-electron chi connectivity index (χ0n) is 11.2. The van der Waals surface area contributed by atoms with Crippen molar-refractivity contribution >= 4 is 11.9 Å². The second kappa shape index (κ2) is 6.06. The Balaban J connectivity index is 2.01. The van der Waals surface area contributed by atoms with Gasteiger partial charge in [0.25, 0.3) is 0 Å². The summed E-state index contributed by atoms with van der Waals surface area (Å²) < 4.78 is 1.34. The van der Waals surface area contributed by atoms with Crippen LogP contribution in [0.3, 0.4) is 0 Å². The molecule has 1 aromatic rings. The molecule has 1 fully saturated rings. The molecule has 0 radical (unpaired) electrons. The predicted octanol–water partition coefficient (Wildman–Crippen LogP) is -0.0503. The van der Waals surface area contributed by atoms with Gasteiger partial charge in [0.05, 0.1) is 12.2 Å². The Hall–Kier alpha value is -2.87. The van der Waals surface area contributed by atoms with Crippen LogP contribution in [-0.2, 0) is 16.1 Å². The lowest BCUT2D eigenvalue weighted by Gasteiger charge is -2.30. The number of rotatable bonds is 3. The van der Waals surface area contributed by atoms with E-state index < -0.39 is 11.9 Å². The highest BCUT2D eigenvalue weighted by Gasteiger charge is 2.27. The number of aromatic nitrogens is 2. The van der Waals surface area contributed by atoms with E-state index in [-0.39, 0.29) is 23.8 Å². The lowest BCUT2D eigenvalue weighted by Crippen LogP contribution is -2.41. The van der Waals surface area contributed by atoms with Crippen molar-refractivity contribution in [2.75, 3.05) is 13.1 Å². The van der Waals surface area contributed by atoms with E-state index in [0.717, 1.165) is 0 Å². The maximum absolute atomic E-state index is 12.1. The lowest BCUT2D eigenvalue weighted by molar-refractivity contribution is -0.145. The SMILES string of the molecule is N#Cc1ncn(CC(=O)N2CCC(C(=O)O)CC2)c1C#N. The minimum Gasteiger partial charge on any atom is -0.481 e. The summed E-state index contributed by atoms with van der Waals surface area (Å²) in [6, 6.07) is 3.65. The highest BCUT2D eigenvalue weighted by Crippen LogP contribution is 2.18. The molecule has 1 N–H and O–H groups in total. The van der Waals surface area contributed by atoms with Gasteiger partial charge in [-0.2, -0.15) is 10.5 Å². The molecule has 8 heteroatoms. The number of imidazole rings is 1. The summed E-state index contributed by atoms with van der Waals surface area (Å²) >= 11 is 0. The number of piperidine rings is 1. The Bertz CT molecular complexity index is 644. The van der Waals surface area contributed by atoms with Crippen LogP contribution in [0.4, 0.5) is 0 Å². The molecule has 0 aliphatic carbocycles. The number of aliphatic carboxylic acids is 1. The van der Waals surface area contributed by atoms with E-state index in [4.69, 9.17) is 15.6 Å². The standard InChI is InChI=1S/C13H13N5O3/c14-5-10-11(6-15)18(8-16-10)7-12(19)17-3-1-9(2-4-17)13(20)21/h8-9H,1-4,7H2,(H,20,21). The van der Waals surface area contributed by atoms with E-state index in [1.807, 2.05) is 6.07 Å². The predicted molar refractivity (Wildman–Crippen MR) is 68.6 cm³/mol. The van der Waals surface area contributed by atoms with Crippen molar-refractivity contribution in [3.63, 3.8) is 0 Å². The van der Waals surface area contributed by atoms with Crippen LogP contribution in [0.15, 0.2) is 6.33 Å². The molecule has 0 unspecified atom stereocenters. The molecule has 1 amide bonds. The van der Waals surface area contributed by atoms with Crippen LogP contribution in [0, 0.1) is 28.6 Å². The maximum atomic E-state index is 12.1. The van der Waals surface area contributed by atoms with Crippen LogP contribution in [0.2, 0.25) is 0 Å². The quantitative estimate of drug-likeness (QED) is 0.831. The Kier molecular flexibility index (Phi) is 4.19. The van der Waals surface area contributed by atoms with Gasteiger partial charge in [-0.3, -0.25) is 9.59 Å². The van der Waals surface area contributed by atoms with Crippen molar-refractivity contribution in [2.24, 2.45) is 5.92 Å². The van der Waals surface area contributed by atoms with Gasteiger partial charge in [0.1, 0.15) is 18.7 Å². The zero-order valence-corrected chi connectivity index (χ0v) is 11.2. The highest BCUT2D eigenvalue weighted by atomic mass is 16.4. The average molecular weight is 287 g/mol. The van der Waals surface area contributed by atoms with Gasteiger partial charge in [-0.05, 0) is 12.8 Å². The molecule has 0 spiro atoms. The first-order chi connectivity index (χ1) is 10.1. The summed E-state index contributed by atoms with van der Waals surface area (Å²) in [5.41, 5.74) is 0.0566.